The van der Waals surface area contributed by atoms with E-state index in [1.807, 2.05) is 62.9 Å². The molecule has 94 valence electrons. The number of carboxylic acids is 1. The van der Waals surface area contributed by atoms with Crippen LogP contribution in [0.25, 0.3) is 0 Å². The lowest BCUT2D eigenvalue weighted by atomic mass is 10.00. The molecule has 3 nitrogen and oxygen atoms in total. The topological polar surface area (TPSA) is 40.5 Å². The first-order valence-electron chi connectivity index (χ1n) is 6.01. The summed E-state index contributed by atoms with van der Waals surface area (Å²) in [6.07, 6.45) is 0. The molecule has 0 unspecified atom stereocenters. The molecule has 1 aromatic rings. The number of benzene rings is 1. The van der Waals surface area contributed by atoms with Gasteiger partial charge in [0.25, 0.3) is 0 Å². The van der Waals surface area contributed by atoms with E-state index in [2.05, 4.69) is 0 Å². The highest BCUT2D eigenvalue weighted by molar-refractivity contribution is 5.78. The van der Waals surface area contributed by atoms with Crippen LogP contribution in [0.1, 0.15) is 27.7 Å². The molecule has 0 amide bonds. The highest BCUT2D eigenvalue weighted by atomic mass is 16.4. The molecule has 0 aliphatic rings. The van der Waals surface area contributed by atoms with E-state index in [9.17, 15) is 9.90 Å². The zero-order valence-corrected chi connectivity index (χ0v) is 10.9. The van der Waals surface area contributed by atoms with Crippen LogP contribution in [0.5, 0.6) is 0 Å². The molecule has 1 aromatic carbocycles. The van der Waals surface area contributed by atoms with Gasteiger partial charge in [-0.25, -0.2) is 4.79 Å². The van der Waals surface area contributed by atoms with Crippen molar-refractivity contribution in [3.63, 3.8) is 0 Å². The van der Waals surface area contributed by atoms with Gasteiger partial charge >= 0.3 is 5.97 Å². The Hall–Kier alpha value is -1.51. The zero-order valence-electron chi connectivity index (χ0n) is 10.9. The number of para-hydroxylation sites is 1. The van der Waals surface area contributed by atoms with E-state index in [1.165, 1.54) is 0 Å². The van der Waals surface area contributed by atoms with Crippen molar-refractivity contribution >= 4 is 11.7 Å². The Morgan fingerprint density at radius 1 is 1.12 bits per heavy atom. The van der Waals surface area contributed by atoms with Crippen molar-refractivity contribution in [2.24, 2.45) is 5.92 Å². The minimum atomic E-state index is -0.766. The van der Waals surface area contributed by atoms with E-state index in [4.69, 9.17) is 0 Å². The van der Waals surface area contributed by atoms with Gasteiger partial charge in [-0.1, -0.05) is 32.0 Å². The van der Waals surface area contributed by atoms with Gasteiger partial charge in [0.1, 0.15) is 6.04 Å². The first-order chi connectivity index (χ1) is 7.95. The van der Waals surface area contributed by atoms with Crippen LogP contribution in [0, 0.1) is 5.92 Å². The third-order valence-corrected chi connectivity index (χ3v) is 2.79. The summed E-state index contributed by atoms with van der Waals surface area (Å²) in [5, 5.41) is 9.38. The molecule has 0 aliphatic carbocycles. The Morgan fingerprint density at radius 3 is 2.00 bits per heavy atom. The molecule has 0 spiro atoms. The number of anilines is 1. The average Bonchev–Trinajstić information content (AvgIpc) is 2.25. The monoisotopic (exact) mass is 235 g/mol. The fraction of sp³-hybridized carbons (Fsp3) is 0.500. The van der Waals surface area contributed by atoms with E-state index in [0.717, 1.165) is 5.69 Å². The maximum absolute atomic E-state index is 11.4. The molecule has 1 N–H and O–H groups in total. The van der Waals surface area contributed by atoms with Crippen molar-refractivity contribution in [1.82, 2.24) is 0 Å². The van der Waals surface area contributed by atoms with Crippen molar-refractivity contribution in [3.8, 4) is 0 Å². The van der Waals surface area contributed by atoms with E-state index in [-0.39, 0.29) is 12.0 Å². The van der Waals surface area contributed by atoms with E-state index >= 15 is 0 Å². The standard InChI is InChI=1S/C14H21NO2/c1-10(2)13(14(16)17)15(11(3)4)12-8-6-5-7-9-12/h5-11,13H,1-4H3,(H,16,17)/t13-/m1/s1. The minimum Gasteiger partial charge on any atom is -0.480 e. The first kappa shape index (κ1) is 13.6. The Bertz CT molecular complexity index is 360. The summed E-state index contributed by atoms with van der Waals surface area (Å²) >= 11 is 0. The number of carboxylic acid groups (broad SMARTS) is 1. The van der Waals surface area contributed by atoms with Crippen molar-refractivity contribution in [2.75, 3.05) is 4.90 Å². The predicted molar refractivity (Wildman–Crippen MR) is 70.3 cm³/mol. The van der Waals surface area contributed by atoms with Crippen LogP contribution in [0.15, 0.2) is 30.3 Å². The second kappa shape index (κ2) is 5.71. The summed E-state index contributed by atoms with van der Waals surface area (Å²) in [6, 6.07) is 9.39. The molecule has 0 heterocycles. The number of rotatable bonds is 5. The van der Waals surface area contributed by atoms with Gasteiger partial charge in [0.15, 0.2) is 0 Å². The van der Waals surface area contributed by atoms with Crippen molar-refractivity contribution in [1.29, 1.82) is 0 Å². The van der Waals surface area contributed by atoms with Gasteiger partial charge in [0.05, 0.1) is 0 Å². The average molecular weight is 235 g/mol. The van der Waals surface area contributed by atoms with Crippen LogP contribution in [0.2, 0.25) is 0 Å². The molecular weight excluding hydrogens is 214 g/mol. The van der Waals surface area contributed by atoms with Gasteiger partial charge in [-0.2, -0.15) is 0 Å². The normalized spacial score (nSPS) is 12.8. The highest BCUT2D eigenvalue weighted by Gasteiger charge is 2.30. The lowest BCUT2D eigenvalue weighted by Gasteiger charge is -2.36. The van der Waals surface area contributed by atoms with Crippen LogP contribution >= 0.6 is 0 Å². The molecular formula is C14H21NO2. The molecule has 0 radical (unpaired) electrons. The fourth-order valence-corrected chi connectivity index (χ4v) is 2.11. The van der Waals surface area contributed by atoms with Gasteiger partial charge in [-0.05, 0) is 31.9 Å². The third-order valence-electron chi connectivity index (χ3n) is 2.79. The summed E-state index contributed by atoms with van der Waals surface area (Å²) in [7, 11) is 0. The van der Waals surface area contributed by atoms with Crippen molar-refractivity contribution in [2.45, 2.75) is 39.8 Å². The fourth-order valence-electron chi connectivity index (χ4n) is 2.11. The van der Waals surface area contributed by atoms with E-state index < -0.39 is 12.0 Å². The highest BCUT2D eigenvalue weighted by Crippen LogP contribution is 2.23. The van der Waals surface area contributed by atoms with Crippen LogP contribution < -0.4 is 4.90 Å². The number of nitrogens with zero attached hydrogens (tertiary/aromatic N) is 1. The second-order valence-corrected chi connectivity index (χ2v) is 4.86. The zero-order chi connectivity index (χ0) is 13.0. The largest absolute Gasteiger partial charge is 0.480 e. The van der Waals surface area contributed by atoms with Crippen LogP contribution in [-0.4, -0.2) is 23.2 Å². The summed E-state index contributed by atoms with van der Waals surface area (Å²) < 4.78 is 0. The van der Waals surface area contributed by atoms with Crippen LogP contribution in [0.4, 0.5) is 5.69 Å². The Balaban J connectivity index is 3.12. The summed E-state index contributed by atoms with van der Waals surface area (Å²) in [4.78, 5) is 13.4. The second-order valence-electron chi connectivity index (χ2n) is 4.86. The van der Waals surface area contributed by atoms with Crippen LogP contribution in [-0.2, 0) is 4.79 Å². The smallest absolute Gasteiger partial charge is 0.326 e. The molecule has 0 saturated heterocycles. The molecule has 0 saturated carbocycles. The lowest BCUT2D eigenvalue weighted by molar-refractivity contribution is -0.139. The maximum atomic E-state index is 11.4. The third kappa shape index (κ3) is 3.22. The first-order valence-corrected chi connectivity index (χ1v) is 6.01. The van der Waals surface area contributed by atoms with E-state index in [0.29, 0.717) is 0 Å². The molecule has 0 aromatic heterocycles. The molecule has 0 fully saturated rings. The molecule has 0 bridgehead atoms. The summed E-state index contributed by atoms with van der Waals surface area (Å²) in [6.45, 7) is 7.92. The number of hydrogen-bond donors (Lipinski definition) is 1. The molecule has 1 atom stereocenters. The molecule has 3 heteroatoms. The SMILES string of the molecule is CC(C)[C@H](C(=O)O)N(c1ccccc1)C(C)C. The minimum absolute atomic E-state index is 0.0649. The molecule has 17 heavy (non-hydrogen) atoms. The Labute approximate surface area is 103 Å². The van der Waals surface area contributed by atoms with Gasteiger partial charge in [-0.3, -0.25) is 0 Å². The van der Waals surface area contributed by atoms with E-state index in [1.54, 1.807) is 0 Å². The van der Waals surface area contributed by atoms with Gasteiger partial charge in [0, 0.05) is 11.7 Å². The molecule has 1 rings (SSSR count). The Kier molecular flexibility index (Phi) is 4.55. The summed E-state index contributed by atoms with van der Waals surface area (Å²) in [5.41, 5.74) is 0.962. The number of carbonyl (C=O) groups is 1. The quantitative estimate of drug-likeness (QED) is 0.852. The van der Waals surface area contributed by atoms with Crippen molar-refractivity contribution < 1.29 is 9.90 Å². The Morgan fingerprint density at radius 2 is 1.65 bits per heavy atom. The predicted octanol–water partition coefficient (Wildman–Crippen LogP) is 3.01. The number of hydrogen-bond acceptors (Lipinski definition) is 2. The van der Waals surface area contributed by atoms with Crippen molar-refractivity contribution in [3.05, 3.63) is 30.3 Å². The van der Waals surface area contributed by atoms with Gasteiger partial charge in [0.2, 0.25) is 0 Å². The maximum Gasteiger partial charge on any atom is 0.326 e. The summed E-state index contributed by atoms with van der Waals surface area (Å²) in [5.74, 6) is -0.701. The number of aliphatic carboxylic acids is 1. The molecule has 0 aliphatic heterocycles. The van der Waals surface area contributed by atoms with Crippen LogP contribution in [0.3, 0.4) is 0 Å². The van der Waals surface area contributed by atoms with Gasteiger partial charge in [-0.15, -0.1) is 0 Å². The lowest BCUT2D eigenvalue weighted by Crippen LogP contribution is -2.48. The van der Waals surface area contributed by atoms with Gasteiger partial charge < -0.3 is 10.0 Å².